The molecule has 0 radical (unpaired) electrons. The molecule has 0 bridgehead atoms. The summed E-state index contributed by atoms with van der Waals surface area (Å²) in [6.07, 6.45) is 0. The van der Waals surface area contributed by atoms with Crippen LogP contribution in [0.5, 0.6) is 5.75 Å². The normalized spacial score (nSPS) is 11.5. The molecule has 7 heteroatoms. The highest BCUT2D eigenvalue weighted by molar-refractivity contribution is 7.92. The Morgan fingerprint density at radius 3 is 2.41 bits per heavy atom. The highest BCUT2D eigenvalue weighted by atomic mass is 32.2. The van der Waals surface area contributed by atoms with E-state index in [1.54, 1.807) is 36.4 Å². The van der Waals surface area contributed by atoms with Gasteiger partial charge in [0.1, 0.15) is 17.1 Å². The molecule has 1 heterocycles. The summed E-state index contributed by atoms with van der Waals surface area (Å²) in [4.78, 5) is 12.5. The second kappa shape index (κ2) is 7.10. The molecule has 1 aromatic heterocycles. The Balaban J connectivity index is 1.83. The molecule has 2 N–H and O–H groups in total. The smallest absolute Gasteiger partial charge is 0.261 e. The Kier molecular flexibility index (Phi) is 4.60. The predicted molar refractivity (Wildman–Crippen MR) is 112 cm³/mol. The Morgan fingerprint density at radius 2 is 1.66 bits per heavy atom. The van der Waals surface area contributed by atoms with Crippen molar-refractivity contribution in [3.05, 3.63) is 88.6 Å². The van der Waals surface area contributed by atoms with Gasteiger partial charge in [-0.25, -0.2) is 8.42 Å². The summed E-state index contributed by atoms with van der Waals surface area (Å²) in [6.45, 7) is 1.86. The average Bonchev–Trinajstić information content (AvgIpc) is 2.69. The Bertz CT molecular complexity index is 1370. The van der Waals surface area contributed by atoms with E-state index in [0.29, 0.717) is 11.0 Å². The molecule has 0 saturated carbocycles. The first kappa shape index (κ1) is 18.8. The zero-order chi connectivity index (χ0) is 20.6. The van der Waals surface area contributed by atoms with Gasteiger partial charge in [-0.2, -0.15) is 0 Å². The van der Waals surface area contributed by atoms with Gasteiger partial charge in [-0.1, -0.05) is 29.8 Å². The lowest BCUT2D eigenvalue weighted by Gasteiger charge is -2.13. The number of nitrogens with one attached hydrogen (secondary N) is 1. The molecule has 6 nitrogen and oxygen atoms in total. The van der Waals surface area contributed by atoms with Crippen LogP contribution in [0.3, 0.4) is 0 Å². The van der Waals surface area contributed by atoms with Gasteiger partial charge in [-0.3, -0.25) is 9.52 Å². The molecular weight excluding hydrogens is 390 g/mol. The van der Waals surface area contributed by atoms with Crippen molar-refractivity contribution in [2.75, 3.05) is 4.72 Å². The largest absolute Gasteiger partial charge is 0.508 e. The number of aryl methyl sites for hydroxylation is 1. The molecule has 4 rings (SSSR count). The van der Waals surface area contributed by atoms with Crippen LogP contribution in [0.1, 0.15) is 5.56 Å². The van der Waals surface area contributed by atoms with Crippen LogP contribution < -0.4 is 10.2 Å². The van der Waals surface area contributed by atoms with Gasteiger partial charge in [0.2, 0.25) is 0 Å². The molecule has 0 spiro atoms. The first-order chi connectivity index (χ1) is 13.8. The monoisotopic (exact) mass is 407 g/mol. The highest BCUT2D eigenvalue weighted by Gasteiger charge is 2.18. The maximum Gasteiger partial charge on any atom is 0.261 e. The molecule has 0 aliphatic carbocycles. The fourth-order valence-corrected chi connectivity index (χ4v) is 4.06. The van der Waals surface area contributed by atoms with Crippen molar-refractivity contribution in [2.24, 2.45) is 0 Å². The number of sulfonamides is 1. The number of fused-ring (bicyclic) bond motifs is 1. The molecule has 0 fully saturated rings. The number of hydrogen-bond donors (Lipinski definition) is 2. The number of para-hydroxylation sites is 1. The van der Waals surface area contributed by atoms with Crippen LogP contribution in [0, 0.1) is 6.92 Å². The number of benzene rings is 3. The van der Waals surface area contributed by atoms with E-state index in [9.17, 15) is 18.3 Å². The lowest BCUT2D eigenvalue weighted by molar-refractivity contribution is 0.475. The van der Waals surface area contributed by atoms with Crippen molar-refractivity contribution >= 4 is 26.7 Å². The average molecular weight is 407 g/mol. The van der Waals surface area contributed by atoms with Crippen LogP contribution in [0.2, 0.25) is 0 Å². The Labute approximate surface area is 167 Å². The van der Waals surface area contributed by atoms with Crippen molar-refractivity contribution < 1.29 is 17.9 Å². The summed E-state index contributed by atoms with van der Waals surface area (Å²) < 4.78 is 33.9. The van der Waals surface area contributed by atoms with Gasteiger partial charge in [-0.05, 0) is 49.4 Å². The number of hydrogen-bond acceptors (Lipinski definition) is 5. The fourth-order valence-electron chi connectivity index (χ4n) is 2.98. The maximum absolute atomic E-state index is 12.8. The summed E-state index contributed by atoms with van der Waals surface area (Å²) in [5.74, 6) is 0.0558. The molecule has 0 atom stereocenters. The molecule has 0 aliphatic rings. The van der Waals surface area contributed by atoms with E-state index in [1.165, 1.54) is 36.4 Å². The first-order valence-corrected chi connectivity index (χ1v) is 10.3. The van der Waals surface area contributed by atoms with Crippen LogP contribution in [-0.4, -0.2) is 13.5 Å². The predicted octanol–water partition coefficient (Wildman–Crippen LogP) is 4.27. The van der Waals surface area contributed by atoms with Crippen molar-refractivity contribution in [1.29, 1.82) is 0 Å². The topological polar surface area (TPSA) is 96.6 Å². The Morgan fingerprint density at radius 1 is 0.931 bits per heavy atom. The standard InChI is InChI=1S/C22H17NO5S/c1-14-6-9-16(10-7-14)29(26,27)23-19-11-8-15(24)12-18(19)22-13-20(25)17-4-2-3-5-21(17)28-22/h2-13,23-24H,1H3. The van der Waals surface area contributed by atoms with Crippen molar-refractivity contribution in [1.82, 2.24) is 0 Å². The minimum absolute atomic E-state index is 0.0888. The van der Waals surface area contributed by atoms with Crippen molar-refractivity contribution in [2.45, 2.75) is 11.8 Å². The van der Waals surface area contributed by atoms with Crippen LogP contribution in [0.15, 0.2) is 86.9 Å². The molecule has 146 valence electrons. The van der Waals surface area contributed by atoms with E-state index in [1.807, 2.05) is 6.92 Å². The van der Waals surface area contributed by atoms with Crippen molar-refractivity contribution in [3.63, 3.8) is 0 Å². The third-order valence-electron chi connectivity index (χ3n) is 4.48. The van der Waals surface area contributed by atoms with Gasteiger partial charge in [-0.15, -0.1) is 0 Å². The maximum atomic E-state index is 12.8. The molecular formula is C22H17NO5S. The second-order valence-electron chi connectivity index (χ2n) is 6.62. The van der Waals surface area contributed by atoms with Gasteiger partial charge in [0, 0.05) is 11.6 Å². The van der Waals surface area contributed by atoms with Gasteiger partial charge in [0.15, 0.2) is 5.43 Å². The van der Waals surface area contributed by atoms with Crippen LogP contribution >= 0.6 is 0 Å². The van der Waals surface area contributed by atoms with E-state index in [4.69, 9.17) is 4.42 Å². The molecule has 3 aromatic carbocycles. The van der Waals surface area contributed by atoms with Gasteiger partial charge in [0.05, 0.1) is 16.0 Å². The van der Waals surface area contributed by atoms with E-state index in [2.05, 4.69) is 4.72 Å². The summed E-state index contributed by atoms with van der Waals surface area (Å²) in [7, 11) is -3.88. The highest BCUT2D eigenvalue weighted by Crippen LogP contribution is 2.33. The minimum Gasteiger partial charge on any atom is -0.508 e. The van der Waals surface area contributed by atoms with Gasteiger partial charge < -0.3 is 9.52 Å². The zero-order valence-corrected chi connectivity index (χ0v) is 16.2. The van der Waals surface area contributed by atoms with Crippen LogP contribution in [0.4, 0.5) is 5.69 Å². The molecule has 0 saturated heterocycles. The number of aromatic hydroxyl groups is 1. The zero-order valence-electron chi connectivity index (χ0n) is 15.4. The van der Waals surface area contributed by atoms with E-state index in [-0.39, 0.29) is 33.1 Å². The second-order valence-corrected chi connectivity index (χ2v) is 8.30. The minimum atomic E-state index is -3.88. The molecule has 4 aromatic rings. The fraction of sp³-hybridized carbons (Fsp3) is 0.0455. The molecule has 0 aliphatic heterocycles. The molecule has 0 unspecified atom stereocenters. The Hall–Kier alpha value is -3.58. The van der Waals surface area contributed by atoms with Gasteiger partial charge in [0.25, 0.3) is 10.0 Å². The third-order valence-corrected chi connectivity index (χ3v) is 5.86. The number of phenolic OH excluding ortho intramolecular Hbond substituents is 1. The first-order valence-electron chi connectivity index (χ1n) is 8.79. The van der Waals surface area contributed by atoms with Crippen LogP contribution in [0.25, 0.3) is 22.3 Å². The summed E-state index contributed by atoms with van der Waals surface area (Å²) in [5.41, 5.74) is 1.47. The molecule has 0 amide bonds. The van der Waals surface area contributed by atoms with Crippen LogP contribution in [-0.2, 0) is 10.0 Å². The summed E-state index contributed by atoms with van der Waals surface area (Å²) in [5, 5.41) is 10.3. The molecule has 29 heavy (non-hydrogen) atoms. The van der Waals surface area contributed by atoms with Crippen molar-refractivity contribution in [3.8, 4) is 17.1 Å². The summed E-state index contributed by atoms with van der Waals surface area (Å²) >= 11 is 0. The SMILES string of the molecule is Cc1ccc(S(=O)(=O)Nc2ccc(O)cc2-c2cc(=O)c3ccccc3o2)cc1. The quantitative estimate of drug-likeness (QED) is 0.492. The van der Waals surface area contributed by atoms with E-state index < -0.39 is 10.0 Å². The van der Waals surface area contributed by atoms with E-state index >= 15 is 0 Å². The lowest BCUT2D eigenvalue weighted by Crippen LogP contribution is -2.13. The van der Waals surface area contributed by atoms with Gasteiger partial charge >= 0.3 is 0 Å². The lowest BCUT2D eigenvalue weighted by atomic mass is 10.1. The summed E-state index contributed by atoms with van der Waals surface area (Å²) in [6, 6.07) is 18.6. The number of rotatable bonds is 4. The third kappa shape index (κ3) is 3.72. The van der Waals surface area contributed by atoms with E-state index in [0.717, 1.165) is 5.56 Å². The number of anilines is 1. The number of phenols is 1.